The second-order valence-electron chi connectivity index (χ2n) is 4.19. The van der Waals surface area contributed by atoms with Crippen molar-refractivity contribution in [2.75, 3.05) is 0 Å². The molecular formula is C17H14Cl2Se. The predicted molar refractivity (Wildman–Crippen MR) is 91.3 cm³/mol. The molecule has 0 radical (unpaired) electrons. The van der Waals surface area contributed by atoms with E-state index in [0.29, 0.717) is 25.0 Å². The molecule has 0 bridgehead atoms. The quantitative estimate of drug-likeness (QED) is 0.514. The Morgan fingerprint density at radius 3 is 2.50 bits per heavy atom. The van der Waals surface area contributed by atoms with E-state index in [1.165, 1.54) is 10.0 Å². The zero-order chi connectivity index (χ0) is 14.4. The molecule has 0 saturated carbocycles. The molecule has 0 aliphatic carbocycles. The average molecular weight is 368 g/mol. The predicted octanol–water partition coefficient (Wildman–Crippen LogP) is 5.01. The van der Waals surface area contributed by atoms with Crippen molar-refractivity contribution in [3.63, 3.8) is 0 Å². The van der Waals surface area contributed by atoms with Crippen LogP contribution in [-0.2, 0) is 0 Å². The molecule has 0 saturated heterocycles. The molecule has 0 aliphatic rings. The van der Waals surface area contributed by atoms with Crippen LogP contribution in [0.3, 0.4) is 0 Å². The van der Waals surface area contributed by atoms with Gasteiger partial charge in [-0.1, -0.05) is 0 Å². The molecule has 0 spiro atoms. The molecule has 0 nitrogen and oxygen atoms in total. The van der Waals surface area contributed by atoms with E-state index in [2.05, 4.69) is 36.9 Å². The van der Waals surface area contributed by atoms with Crippen LogP contribution in [0.5, 0.6) is 0 Å². The Hall–Kier alpha value is -0.981. The molecule has 0 heterocycles. The van der Waals surface area contributed by atoms with Crippen LogP contribution in [0.25, 0.3) is 6.08 Å². The SMILES string of the molecule is C=C/C(=C\c1ccc(Cl)cc1Cl)C[Se]c1ccccc1. The van der Waals surface area contributed by atoms with Crippen LogP contribution in [-0.4, -0.2) is 15.0 Å². The van der Waals surface area contributed by atoms with E-state index in [1.54, 1.807) is 6.07 Å². The van der Waals surface area contributed by atoms with E-state index in [4.69, 9.17) is 23.2 Å². The van der Waals surface area contributed by atoms with Gasteiger partial charge in [-0.2, -0.15) is 0 Å². The third kappa shape index (κ3) is 4.54. The van der Waals surface area contributed by atoms with Gasteiger partial charge in [-0.05, 0) is 0 Å². The molecule has 0 fully saturated rings. The molecule has 2 aromatic carbocycles. The van der Waals surface area contributed by atoms with Crippen LogP contribution in [0.4, 0.5) is 0 Å². The molecule has 0 unspecified atom stereocenters. The van der Waals surface area contributed by atoms with Crippen molar-refractivity contribution in [1.82, 2.24) is 0 Å². The van der Waals surface area contributed by atoms with E-state index in [0.717, 1.165) is 10.9 Å². The van der Waals surface area contributed by atoms with Crippen LogP contribution in [0, 0.1) is 0 Å². The Balaban J connectivity index is 2.11. The van der Waals surface area contributed by atoms with Crippen molar-refractivity contribution < 1.29 is 0 Å². The van der Waals surface area contributed by atoms with E-state index in [-0.39, 0.29) is 0 Å². The van der Waals surface area contributed by atoms with Gasteiger partial charge < -0.3 is 0 Å². The van der Waals surface area contributed by atoms with Gasteiger partial charge in [0.2, 0.25) is 0 Å². The van der Waals surface area contributed by atoms with Gasteiger partial charge in [0, 0.05) is 0 Å². The van der Waals surface area contributed by atoms with Gasteiger partial charge in [-0.3, -0.25) is 0 Å². The van der Waals surface area contributed by atoms with Crippen molar-refractivity contribution in [2.24, 2.45) is 0 Å². The van der Waals surface area contributed by atoms with Crippen molar-refractivity contribution in [2.45, 2.75) is 5.32 Å². The standard InChI is InChI=1S/C17H14Cl2Se/c1-2-13(12-20-16-6-4-3-5-7-16)10-14-8-9-15(18)11-17(14)19/h2-11H,1,12H2/b13-10+. The Morgan fingerprint density at radius 2 is 1.85 bits per heavy atom. The maximum absolute atomic E-state index is 6.19. The minimum atomic E-state index is 0.403. The number of hydrogen-bond donors (Lipinski definition) is 0. The summed E-state index contributed by atoms with van der Waals surface area (Å²) in [5.41, 5.74) is 2.17. The molecule has 2 aromatic rings. The summed E-state index contributed by atoms with van der Waals surface area (Å²) in [7, 11) is 0. The van der Waals surface area contributed by atoms with Crippen LogP contribution < -0.4 is 4.46 Å². The van der Waals surface area contributed by atoms with Gasteiger partial charge in [-0.15, -0.1) is 0 Å². The monoisotopic (exact) mass is 368 g/mol. The van der Waals surface area contributed by atoms with Crippen molar-refractivity contribution >= 4 is 48.7 Å². The summed E-state index contributed by atoms with van der Waals surface area (Å²) in [5, 5.41) is 2.32. The molecule has 0 aliphatic heterocycles. The first-order chi connectivity index (χ1) is 9.69. The molecule has 0 N–H and O–H groups in total. The molecule has 102 valence electrons. The van der Waals surface area contributed by atoms with Gasteiger partial charge in [0.25, 0.3) is 0 Å². The third-order valence-corrected chi connectivity index (χ3v) is 5.55. The normalized spacial score (nSPS) is 11.4. The van der Waals surface area contributed by atoms with Gasteiger partial charge in [0.05, 0.1) is 0 Å². The fraction of sp³-hybridized carbons (Fsp3) is 0.0588. The first-order valence-electron chi connectivity index (χ1n) is 6.15. The van der Waals surface area contributed by atoms with Gasteiger partial charge in [0.1, 0.15) is 0 Å². The number of hydrogen-bond acceptors (Lipinski definition) is 0. The fourth-order valence-corrected chi connectivity index (χ4v) is 3.98. The molecule has 3 heteroatoms. The van der Waals surface area contributed by atoms with E-state index in [1.807, 2.05) is 24.3 Å². The van der Waals surface area contributed by atoms with Crippen LogP contribution in [0.2, 0.25) is 15.4 Å². The zero-order valence-corrected chi connectivity index (χ0v) is 14.1. The number of allylic oxidation sites excluding steroid dienone is 2. The Kier molecular flexibility index (Phi) is 5.94. The number of benzene rings is 2. The molecule has 0 amide bonds. The van der Waals surface area contributed by atoms with Gasteiger partial charge >= 0.3 is 136 Å². The summed E-state index contributed by atoms with van der Waals surface area (Å²) in [5.74, 6) is 0. The fourth-order valence-electron chi connectivity index (χ4n) is 1.66. The second-order valence-corrected chi connectivity index (χ2v) is 7.23. The first kappa shape index (κ1) is 15.4. The van der Waals surface area contributed by atoms with Crippen molar-refractivity contribution in [1.29, 1.82) is 0 Å². The average Bonchev–Trinajstić information content (AvgIpc) is 2.46. The summed E-state index contributed by atoms with van der Waals surface area (Å²) in [6.07, 6.45) is 3.98. The zero-order valence-electron chi connectivity index (χ0n) is 10.9. The summed E-state index contributed by atoms with van der Waals surface area (Å²) < 4.78 is 1.38. The Morgan fingerprint density at radius 1 is 1.10 bits per heavy atom. The third-order valence-electron chi connectivity index (χ3n) is 2.71. The molecular weight excluding hydrogens is 354 g/mol. The Bertz CT molecular complexity index is 618. The first-order valence-corrected chi connectivity index (χ1v) is 8.97. The number of rotatable bonds is 5. The number of halogens is 2. The summed E-state index contributed by atoms with van der Waals surface area (Å²) >= 11 is 12.5. The van der Waals surface area contributed by atoms with Crippen LogP contribution in [0.1, 0.15) is 5.56 Å². The molecule has 0 aromatic heterocycles. The second kappa shape index (κ2) is 7.71. The molecule has 0 atom stereocenters. The topological polar surface area (TPSA) is 0 Å². The Labute approximate surface area is 136 Å². The van der Waals surface area contributed by atoms with E-state index in [9.17, 15) is 0 Å². The van der Waals surface area contributed by atoms with E-state index >= 15 is 0 Å². The van der Waals surface area contributed by atoms with Crippen molar-refractivity contribution in [3.8, 4) is 0 Å². The van der Waals surface area contributed by atoms with Crippen molar-refractivity contribution in [3.05, 3.63) is 82.4 Å². The molecule has 20 heavy (non-hydrogen) atoms. The van der Waals surface area contributed by atoms with E-state index < -0.39 is 0 Å². The van der Waals surface area contributed by atoms with Gasteiger partial charge in [0.15, 0.2) is 0 Å². The summed E-state index contributed by atoms with van der Waals surface area (Å²) in [6, 6.07) is 16.1. The molecule has 2 rings (SSSR count). The maximum atomic E-state index is 6.19. The van der Waals surface area contributed by atoms with Gasteiger partial charge in [-0.25, -0.2) is 0 Å². The van der Waals surface area contributed by atoms with Crippen LogP contribution >= 0.6 is 23.2 Å². The minimum absolute atomic E-state index is 0.403. The summed E-state index contributed by atoms with van der Waals surface area (Å²) in [6.45, 7) is 3.89. The summed E-state index contributed by atoms with van der Waals surface area (Å²) in [4.78, 5) is 0. The van der Waals surface area contributed by atoms with Crippen LogP contribution in [0.15, 0.2) is 66.8 Å².